The van der Waals surface area contributed by atoms with Crippen LogP contribution in [0.2, 0.25) is 0 Å². The fraction of sp³-hybridized carbons (Fsp3) is 0.143. The van der Waals surface area contributed by atoms with E-state index in [-0.39, 0.29) is 29.6 Å². The third kappa shape index (κ3) is 6.31. The van der Waals surface area contributed by atoms with Gasteiger partial charge in [0.2, 0.25) is 0 Å². The third-order valence-electron chi connectivity index (χ3n) is 5.65. The van der Waals surface area contributed by atoms with Crippen molar-refractivity contribution in [2.75, 3.05) is 11.1 Å². The highest BCUT2D eigenvalue weighted by molar-refractivity contribution is 5.96. The minimum atomic E-state index is -0.506. The minimum absolute atomic E-state index is 0.00476. The molecule has 0 saturated carbocycles. The second-order valence-electron chi connectivity index (χ2n) is 8.16. The number of aromatic nitrogens is 5. The molecule has 0 aliphatic heterocycles. The van der Waals surface area contributed by atoms with Crippen molar-refractivity contribution in [3.8, 4) is 17.2 Å². The molecule has 5 rings (SSSR count). The number of hydrogen-bond acceptors (Lipinski definition) is 8. The van der Waals surface area contributed by atoms with E-state index in [2.05, 4.69) is 35.8 Å². The van der Waals surface area contributed by atoms with Crippen molar-refractivity contribution in [1.82, 2.24) is 30.5 Å². The van der Waals surface area contributed by atoms with Crippen molar-refractivity contribution < 1.29 is 9.18 Å². The lowest BCUT2D eigenvalue weighted by atomic mass is 10.0. The highest BCUT2D eigenvalue weighted by Crippen LogP contribution is 2.25. The van der Waals surface area contributed by atoms with Crippen molar-refractivity contribution in [3.63, 3.8) is 0 Å². The number of rotatable bonds is 7. The quantitative estimate of drug-likeness (QED) is 0.241. The average molecular weight is 524 g/mol. The lowest BCUT2D eigenvalue weighted by molar-refractivity contribution is 0.0946. The molecule has 0 atom stereocenters. The number of benzene rings is 2. The Morgan fingerprint density at radius 2 is 1.69 bits per heavy atom. The van der Waals surface area contributed by atoms with E-state index in [1.807, 2.05) is 50.2 Å². The van der Waals surface area contributed by atoms with E-state index in [1.165, 1.54) is 18.3 Å². The Hall–Kier alpha value is -5.37. The zero-order chi connectivity index (χ0) is 27.8. The maximum atomic E-state index is 13.1. The second kappa shape index (κ2) is 12.2. The molecule has 39 heavy (non-hydrogen) atoms. The highest BCUT2D eigenvalue weighted by Gasteiger charge is 2.16. The summed E-state index contributed by atoms with van der Waals surface area (Å²) in [5.41, 5.74) is 10.00. The molecule has 5 N–H and O–H groups in total. The Morgan fingerprint density at radius 1 is 1.00 bits per heavy atom. The zero-order valence-corrected chi connectivity index (χ0v) is 21.4. The van der Waals surface area contributed by atoms with Gasteiger partial charge in [-0.3, -0.25) is 9.89 Å². The summed E-state index contributed by atoms with van der Waals surface area (Å²) in [6.45, 7) is 4.54. The molecule has 0 bridgehead atoms. The Balaban J connectivity index is 0.00000172. The van der Waals surface area contributed by atoms with Crippen molar-refractivity contribution in [2.45, 2.75) is 26.9 Å². The summed E-state index contributed by atoms with van der Waals surface area (Å²) >= 11 is 0. The Kier molecular flexibility index (Phi) is 8.38. The van der Waals surface area contributed by atoms with Gasteiger partial charge in [-0.15, -0.1) is 0 Å². The predicted molar refractivity (Wildman–Crippen MR) is 147 cm³/mol. The molecule has 0 radical (unpaired) electrons. The molecule has 11 heteroatoms. The number of nitrogen functional groups attached to an aromatic ring is 1. The molecule has 0 spiro atoms. The van der Waals surface area contributed by atoms with Gasteiger partial charge in [0.25, 0.3) is 5.91 Å². The SMILES string of the molecule is CC.N#Cc1cnc(NCc2ccc(-c3cnc4n[nH]c(N)c4c3)cc2)c(C(=O)NCc2ccc(F)cc2)n1. The number of halogens is 1. The summed E-state index contributed by atoms with van der Waals surface area (Å²) < 4.78 is 13.1. The predicted octanol–water partition coefficient (Wildman–Crippen LogP) is 4.58. The maximum absolute atomic E-state index is 13.1. The molecule has 0 fully saturated rings. The number of hydrogen-bond donors (Lipinski definition) is 4. The van der Waals surface area contributed by atoms with Crippen LogP contribution in [0, 0.1) is 17.1 Å². The number of anilines is 2. The molecule has 10 nitrogen and oxygen atoms in total. The first-order valence-corrected chi connectivity index (χ1v) is 12.2. The number of nitrogens with zero attached hydrogens (tertiary/aromatic N) is 5. The van der Waals surface area contributed by atoms with Crippen LogP contribution >= 0.6 is 0 Å². The van der Waals surface area contributed by atoms with E-state index in [0.717, 1.165) is 27.6 Å². The fourth-order valence-corrected chi connectivity index (χ4v) is 3.68. The number of fused-ring (bicyclic) bond motifs is 1. The van der Waals surface area contributed by atoms with Gasteiger partial charge < -0.3 is 16.4 Å². The van der Waals surface area contributed by atoms with Crippen LogP contribution in [0.1, 0.15) is 41.2 Å². The van der Waals surface area contributed by atoms with Gasteiger partial charge in [-0.25, -0.2) is 19.3 Å². The molecule has 0 saturated heterocycles. The molecule has 0 aliphatic rings. The van der Waals surface area contributed by atoms with Crippen LogP contribution in [0.15, 0.2) is 67.0 Å². The summed E-state index contributed by atoms with van der Waals surface area (Å²) in [6.07, 6.45) is 3.03. The van der Waals surface area contributed by atoms with Crippen LogP contribution in [-0.4, -0.2) is 31.1 Å². The number of nitrogens with one attached hydrogen (secondary N) is 3. The lowest BCUT2D eigenvalue weighted by Gasteiger charge is -2.11. The Bertz CT molecular complexity index is 1620. The van der Waals surface area contributed by atoms with Crippen LogP contribution in [0.5, 0.6) is 0 Å². The largest absolute Gasteiger partial charge is 0.384 e. The summed E-state index contributed by atoms with van der Waals surface area (Å²) in [7, 11) is 0. The van der Waals surface area contributed by atoms with E-state index >= 15 is 0 Å². The molecule has 3 aromatic heterocycles. The number of carbonyl (C=O) groups excluding carboxylic acids is 1. The average Bonchev–Trinajstić information content (AvgIpc) is 3.36. The van der Waals surface area contributed by atoms with Gasteiger partial charge in [-0.2, -0.15) is 10.4 Å². The number of H-pyrrole nitrogens is 1. The number of aromatic amines is 1. The summed E-state index contributed by atoms with van der Waals surface area (Å²) in [5.74, 6) is -0.160. The summed E-state index contributed by atoms with van der Waals surface area (Å²) in [5, 5.41) is 22.6. The molecular weight excluding hydrogens is 497 g/mol. The third-order valence-corrected chi connectivity index (χ3v) is 5.65. The van der Waals surface area contributed by atoms with Gasteiger partial charge in [0.05, 0.1) is 11.6 Å². The first-order valence-electron chi connectivity index (χ1n) is 12.2. The number of nitrogens with two attached hydrogens (primary N) is 1. The standard InChI is InChI=1S/C26H20FN9O.C2H6/c27-19-7-3-16(4-8-19)12-33-26(37)22-25(32-14-20(10-28)34-22)30-11-15-1-5-17(6-2-15)18-9-21-23(29)35-36-24(21)31-13-18;1-2/h1-9,13-14H,11-12H2,(H,30,32)(H,33,37)(H3,29,31,35,36);1-2H3. The van der Waals surface area contributed by atoms with E-state index < -0.39 is 5.91 Å². The van der Waals surface area contributed by atoms with E-state index in [4.69, 9.17) is 5.73 Å². The van der Waals surface area contributed by atoms with Crippen molar-refractivity contribution >= 4 is 28.6 Å². The van der Waals surface area contributed by atoms with Gasteiger partial charge in [-0.1, -0.05) is 50.2 Å². The monoisotopic (exact) mass is 523 g/mol. The topological polar surface area (TPSA) is 158 Å². The van der Waals surface area contributed by atoms with Crippen LogP contribution in [0.25, 0.3) is 22.2 Å². The Morgan fingerprint density at radius 3 is 2.41 bits per heavy atom. The van der Waals surface area contributed by atoms with Gasteiger partial charge in [0.15, 0.2) is 22.9 Å². The first-order chi connectivity index (χ1) is 19.0. The maximum Gasteiger partial charge on any atom is 0.274 e. The molecule has 3 heterocycles. The molecule has 1 amide bonds. The Labute approximate surface area is 224 Å². The smallest absolute Gasteiger partial charge is 0.274 e. The molecule has 0 unspecified atom stereocenters. The molecule has 2 aromatic carbocycles. The number of amides is 1. The lowest BCUT2D eigenvalue weighted by Crippen LogP contribution is -2.26. The highest BCUT2D eigenvalue weighted by atomic mass is 19.1. The second-order valence-corrected chi connectivity index (χ2v) is 8.16. The molecule has 0 aliphatic carbocycles. The number of carbonyl (C=O) groups is 1. The van der Waals surface area contributed by atoms with Gasteiger partial charge >= 0.3 is 0 Å². The fourth-order valence-electron chi connectivity index (χ4n) is 3.68. The van der Waals surface area contributed by atoms with Gasteiger partial charge in [0, 0.05) is 24.8 Å². The molecule has 196 valence electrons. The summed E-state index contributed by atoms with van der Waals surface area (Å²) in [6, 6.07) is 17.4. The minimum Gasteiger partial charge on any atom is -0.384 e. The van der Waals surface area contributed by atoms with E-state index in [1.54, 1.807) is 18.3 Å². The van der Waals surface area contributed by atoms with Crippen molar-refractivity contribution in [1.29, 1.82) is 5.26 Å². The first kappa shape index (κ1) is 26.7. The van der Waals surface area contributed by atoms with Gasteiger partial charge in [0.1, 0.15) is 17.7 Å². The molecule has 5 aromatic rings. The van der Waals surface area contributed by atoms with Crippen molar-refractivity contribution in [3.05, 3.63) is 95.3 Å². The number of pyridine rings is 1. The van der Waals surface area contributed by atoms with Crippen LogP contribution < -0.4 is 16.4 Å². The van der Waals surface area contributed by atoms with Crippen LogP contribution in [0.3, 0.4) is 0 Å². The van der Waals surface area contributed by atoms with Crippen molar-refractivity contribution in [2.24, 2.45) is 0 Å². The van der Waals surface area contributed by atoms with Crippen LogP contribution in [-0.2, 0) is 13.1 Å². The van der Waals surface area contributed by atoms with Gasteiger partial charge in [-0.05, 0) is 34.9 Å². The normalized spacial score (nSPS) is 10.3. The van der Waals surface area contributed by atoms with E-state index in [0.29, 0.717) is 18.0 Å². The van der Waals surface area contributed by atoms with E-state index in [9.17, 15) is 14.4 Å². The van der Waals surface area contributed by atoms with Crippen LogP contribution in [0.4, 0.5) is 16.0 Å². The molecular formula is C28H26FN9O. The number of nitriles is 1. The zero-order valence-electron chi connectivity index (χ0n) is 21.4. The summed E-state index contributed by atoms with van der Waals surface area (Å²) in [4.78, 5) is 25.5.